The molecule has 0 radical (unpaired) electrons. The molecule has 1 atom stereocenters. The number of amides is 1. The third kappa shape index (κ3) is 3.35. The number of imidazole rings is 1. The number of aromatic amines is 1. The summed E-state index contributed by atoms with van der Waals surface area (Å²) in [6.07, 6.45) is 2.87. The van der Waals surface area contributed by atoms with Gasteiger partial charge in [-0.25, -0.2) is 13.4 Å². The molecule has 2 aromatic carbocycles. The van der Waals surface area contributed by atoms with Crippen molar-refractivity contribution in [2.75, 3.05) is 13.1 Å². The van der Waals surface area contributed by atoms with E-state index in [9.17, 15) is 13.2 Å². The van der Waals surface area contributed by atoms with Crippen molar-refractivity contribution in [1.82, 2.24) is 14.9 Å². The molecule has 1 fully saturated rings. The fourth-order valence-corrected chi connectivity index (χ4v) is 5.17. The number of hydrogen-bond donors (Lipinski definition) is 1. The van der Waals surface area contributed by atoms with Crippen LogP contribution >= 0.6 is 0 Å². The summed E-state index contributed by atoms with van der Waals surface area (Å²) in [4.78, 5) is 22.0. The number of rotatable bonds is 4. The van der Waals surface area contributed by atoms with Gasteiger partial charge in [0.15, 0.2) is 5.25 Å². The molecule has 140 valence electrons. The third-order valence-electron chi connectivity index (χ3n) is 4.94. The summed E-state index contributed by atoms with van der Waals surface area (Å²) in [5, 5.41) is -1.46. The van der Waals surface area contributed by atoms with Crippen LogP contribution in [0.1, 0.15) is 30.1 Å². The monoisotopic (exact) mass is 383 g/mol. The van der Waals surface area contributed by atoms with Crippen molar-refractivity contribution in [2.45, 2.75) is 29.7 Å². The molecule has 1 unspecified atom stereocenters. The first-order valence-electron chi connectivity index (χ1n) is 9.10. The Hall–Kier alpha value is -2.67. The number of sulfone groups is 1. The van der Waals surface area contributed by atoms with Crippen molar-refractivity contribution >= 4 is 26.8 Å². The Morgan fingerprint density at radius 1 is 0.963 bits per heavy atom. The first-order chi connectivity index (χ1) is 13.1. The molecule has 0 bridgehead atoms. The van der Waals surface area contributed by atoms with E-state index in [1.807, 2.05) is 6.07 Å². The van der Waals surface area contributed by atoms with Crippen molar-refractivity contribution in [3.63, 3.8) is 0 Å². The lowest BCUT2D eigenvalue weighted by Gasteiger charge is -2.30. The molecule has 1 aliphatic heterocycles. The van der Waals surface area contributed by atoms with Gasteiger partial charge in [0.25, 0.3) is 0 Å². The van der Waals surface area contributed by atoms with E-state index < -0.39 is 15.1 Å². The topological polar surface area (TPSA) is 83.1 Å². The molecule has 1 N–H and O–H groups in total. The predicted octanol–water partition coefficient (Wildman–Crippen LogP) is 3.09. The molecule has 1 saturated heterocycles. The number of likely N-dealkylation sites (tertiary alicyclic amines) is 1. The molecule has 1 amide bonds. The lowest BCUT2D eigenvalue weighted by Crippen LogP contribution is -2.41. The minimum Gasteiger partial charge on any atom is -0.341 e. The summed E-state index contributed by atoms with van der Waals surface area (Å²) in [7, 11) is -4.02. The normalized spacial score (nSPS) is 16.4. The Morgan fingerprint density at radius 3 is 2.33 bits per heavy atom. The second kappa shape index (κ2) is 7.15. The molecule has 2 heterocycles. The van der Waals surface area contributed by atoms with Crippen LogP contribution in [0, 0.1) is 0 Å². The zero-order chi connectivity index (χ0) is 18.9. The van der Waals surface area contributed by atoms with Crippen molar-refractivity contribution in [3.05, 3.63) is 60.2 Å². The highest BCUT2D eigenvalue weighted by molar-refractivity contribution is 7.92. The molecule has 0 saturated carbocycles. The van der Waals surface area contributed by atoms with Crippen molar-refractivity contribution in [3.8, 4) is 0 Å². The van der Waals surface area contributed by atoms with Crippen LogP contribution in [0.2, 0.25) is 0 Å². The molecule has 0 aliphatic carbocycles. The van der Waals surface area contributed by atoms with E-state index in [0.29, 0.717) is 29.7 Å². The van der Waals surface area contributed by atoms with Crippen LogP contribution in [0.25, 0.3) is 11.0 Å². The lowest BCUT2D eigenvalue weighted by atomic mass is 10.1. The van der Waals surface area contributed by atoms with Crippen molar-refractivity contribution in [2.24, 2.45) is 0 Å². The number of carbonyl (C=O) groups is 1. The Balaban J connectivity index is 1.80. The van der Waals surface area contributed by atoms with Gasteiger partial charge in [0.2, 0.25) is 20.9 Å². The van der Waals surface area contributed by atoms with Crippen LogP contribution < -0.4 is 0 Å². The number of nitrogens with one attached hydrogen (secondary N) is 1. The van der Waals surface area contributed by atoms with Gasteiger partial charge in [-0.1, -0.05) is 42.5 Å². The zero-order valence-electron chi connectivity index (χ0n) is 14.8. The highest BCUT2D eigenvalue weighted by Crippen LogP contribution is 2.31. The number of para-hydroxylation sites is 2. The quantitative estimate of drug-likeness (QED) is 0.750. The van der Waals surface area contributed by atoms with Gasteiger partial charge in [0, 0.05) is 13.1 Å². The highest BCUT2D eigenvalue weighted by Gasteiger charge is 2.40. The highest BCUT2D eigenvalue weighted by atomic mass is 32.2. The Labute approximate surface area is 158 Å². The standard InChI is InChI=1S/C20H21N3O3S/c24-19(23-13-7-2-8-14-23)18(15-9-3-1-4-10-15)27(25,26)20-21-16-11-5-6-12-17(16)22-20/h1,3-6,9-12,18H,2,7-8,13-14H2,(H,21,22). The minimum absolute atomic E-state index is 0.164. The van der Waals surface area contributed by atoms with Gasteiger partial charge in [-0.05, 0) is 37.0 Å². The summed E-state index contributed by atoms with van der Waals surface area (Å²) in [6, 6.07) is 15.8. The molecular formula is C20H21N3O3S. The number of aromatic nitrogens is 2. The van der Waals surface area contributed by atoms with E-state index in [-0.39, 0.29) is 11.1 Å². The maximum atomic E-state index is 13.4. The Bertz CT molecular complexity index is 1020. The van der Waals surface area contributed by atoms with Gasteiger partial charge in [-0.2, -0.15) is 0 Å². The molecule has 0 spiro atoms. The molecule has 27 heavy (non-hydrogen) atoms. The maximum absolute atomic E-state index is 13.4. The second-order valence-electron chi connectivity index (χ2n) is 6.78. The molecular weight excluding hydrogens is 362 g/mol. The summed E-state index contributed by atoms with van der Waals surface area (Å²) in [5.74, 6) is -0.374. The predicted molar refractivity (Wildman–Crippen MR) is 103 cm³/mol. The Morgan fingerprint density at radius 2 is 1.63 bits per heavy atom. The molecule has 1 aliphatic rings. The largest absolute Gasteiger partial charge is 0.341 e. The first-order valence-corrected chi connectivity index (χ1v) is 10.6. The summed E-state index contributed by atoms with van der Waals surface area (Å²) >= 11 is 0. The van der Waals surface area contributed by atoms with Crippen LogP contribution in [0.4, 0.5) is 0 Å². The number of carbonyl (C=O) groups excluding carboxylic acids is 1. The van der Waals surface area contributed by atoms with E-state index in [0.717, 1.165) is 19.3 Å². The van der Waals surface area contributed by atoms with E-state index in [2.05, 4.69) is 9.97 Å². The first kappa shape index (κ1) is 17.7. The molecule has 3 aromatic rings. The summed E-state index contributed by atoms with van der Waals surface area (Å²) in [5.41, 5.74) is 1.66. The van der Waals surface area contributed by atoms with Gasteiger partial charge in [0.05, 0.1) is 11.0 Å². The van der Waals surface area contributed by atoms with E-state index in [4.69, 9.17) is 0 Å². The SMILES string of the molecule is O=C(C(c1ccccc1)S(=O)(=O)c1nc2ccccc2[nH]1)N1CCCCC1. The van der Waals surface area contributed by atoms with Gasteiger partial charge in [-0.15, -0.1) is 0 Å². The van der Waals surface area contributed by atoms with Crippen LogP contribution in [-0.2, 0) is 14.6 Å². The van der Waals surface area contributed by atoms with Gasteiger partial charge in [0.1, 0.15) is 0 Å². The average Bonchev–Trinajstić information content (AvgIpc) is 3.15. The zero-order valence-corrected chi connectivity index (χ0v) is 15.7. The number of benzene rings is 2. The Kier molecular flexibility index (Phi) is 4.70. The van der Waals surface area contributed by atoms with E-state index in [1.165, 1.54) is 0 Å². The number of H-pyrrole nitrogens is 1. The van der Waals surface area contributed by atoms with Crippen LogP contribution in [0.3, 0.4) is 0 Å². The average molecular weight is 383 g/mol. The molecule has 7 heteroatoms. The summed E-state index contributed by atoms with van der Waals surface area (Å²) in [6.45, 7) is 1.19. The number of piperidine rings is 1. The summed E-state index contributed by atoms with van der Waals surface area (Å²) < 4.78 is 26.9. The van der Waals surface area contributed by atoms with E-state index in [1.54, 1.807) is 53.4 Å². The van der Waals surface area contributed by atoms with Crippen LogP contribution in [-0.4, -0.2) is 42.3 Å². The lowest BCUT2D eigenvalue weighted by molar-refractivity contribution is -0.131. The van der Waals surface area contributed by atoms with Gasteiger partial charge >= 0.3 is 0 Å². The number of fused-ring (bicyclic) bond motifs is 1. The number of nitrogens with zero attached hydrogens (tertiary/aromatic N) is 2. The van der Waals surface area contributed by atoms with E-state index >= 15 is 0 Å². The fourth-order valence-electron chi connectivity index (χ4n) is 3.54. The maximum Gasteiger partial charge on any atom is 0.245 e. The van der Waals surface area contributed by atoms with Gasteiger partial charge in [-0.3, -0.25) is 4.79 Å². The minimum atomic E-state index is -4.02. The van der Waals surface area contributed by atoms with Crippen LogP contribution in [0.15, 0.2) is 59.8 Å². The molecule has 1 aromatic heterocycles. The number of hydrogen-bond acceptors (Lipinski definition) is 4. The van der Waals surface area contributed by atoms with Gasteiger partial charge < -0.3 is 9.88 Å². The fraction of sp³-hybridized carbons (Fsp3) is 0.300. The molecule has 4 rings (SSSR count). The molecule has 6 nitrogen and oxygen atoms in total. The smallest absolute Gasteiger partial charge is 0.245 e. The van der Waals surface area contributed by atoms with Crippen LogP contribution in [0.5, 0.6) is 0 Å². The third-order valence-corrected chi connectivity index (χ3v) is 6.77. The second-order valence-corrected chi connectivity index (χ2v) is 8.73. The van der Waals surface area contributed by atoms with Crippen molar-refractivity contribution < 1.29 is 13.2 Å². The van der Waals surface area contributed by atoms with Crippen molar-refractivity contribution in [1.29, 1.82) is 0 Å².